The summed E-state index contributed by atoms with van der Waals surface area (Å²) in [6.07, 6.45) is 1.52. The van der Waals surface area contributed by atoms with Crippen molar-refractivity contribution in [1.82, 2.24) is 10.2 Å². The molecule has 5 heteroatoms. The molecule has 0 bridgehead atoms. The van der Waals surface area contributed by atoms with E-state index in [1.807, 2.05) is 0 Å². The zero-order valence-electron chi connectivity index (χ0n) is 11.9. The Morgan fingerprint density at radius 1 is 1.50 bits per heavy atom. The Bertz CT molecular complexity index is 446. The number of amides is 1. The van der Waals surface area contributed by atoms with Gasteiger partial charge in [0.15, 0.2) is 0 Å². The molecule has 110 valence electrons. The first-order valence-corrected chi connectivity index (χ1v) is 7.20. The zero-order valence-corrected chi connectivity index (χ0v) is 11.9. The smallest absolute Gasteiger partial charge is 0.225 e. The summed E-state index contributed by atoms with van der Waals surface area (Å²) in [5.41, 5.74) is 0.253. The van der Waals surface area contributed by atoms with Crippen LogP contribution in [-0.4, -0.2) is 43.0 Å². The fraction of sp³-hybridized carbons (Fsp3) is 0.533. The van der Waals surface area contributed by atoms with Crippen molar-refractivity contribution in [2.45, 2.75) is 25.8 Å². The summed E-state index contributed by atoms with van der Waals surface area (Å²) in [6.45, 7) is 5.78. The van der Waals surface area contributed by atoms with Gasteiger partial charge in [-0.25, -0.2) is 4.39 Å². The molecule has 0 aliphatic carbocycles. The van der Waals surface area contributed by atoms with Gasteiger partial charge in [0.2, 0.25) is 5.91 Å². The summed E-state index contributed by atoms with van der Waals surface area (Å²) in [5.74, 6) is -0.535. The van der Waals surface area contributed by atoms with Crippen LogP contribution in [0, 0.1) is 5.82 Å². The fourth-order valence-corrected chi connectivity index (χ4v) is 2.57. The van der Waals surface area contributed by atoms with Gasteiger partial charge < -0.3 is 10.6 Å². The third-order valence-corrected chi connectivity index (χ3v) is 3.73. The van der Waals surface area contributed by atoms with E-state index in [2.05, 4.69) is 22.5 Å². The highest BCUT2D eigenvalue weighted by Gasteiger charge is 2.21. The fourth-order valence-electron chi connectivity index (χ4n) is 2.57. The first-order chi connectivity index (χ1) is 9.70. The van der Waals surface area contributed by atoms with Crippen molar-refractivity contribution in [3.05, 3.63) is 30.1 Å². The maximum Gasteiger partial charge on any atom is 0.225 e. The molecule has 1 aliphatic rings. The Balaban J connectivity index is 1.80. The molecule has 1 aromatic rings. The third kappa shape index (κ3) is 4.02. The Hall–Kier alpha value is -1.46. The van der Waals surface area contributed by atoms with E-state index in [0.717, 1.165) is 26.1 Å². The van der Waals surface area contributed by atoms with Crippen LogP contribution in [0.2, 0.25) is 0 Å². The monoisotopic (exact) mass is 279 g/mol. The van der Waals surface area contributed by atoms with Crippen LogP contribution in [0.15, 0.2) is 24.3 Å². The van der Waals surface area contributed by atoms with E-state index in [1.54, 1.807) is 18.2 Å². The van der Waals surface area contributed by atoms with Gasteiger partial charge in [0.1, 0.15) is 5.82 Å². The van der Waals surface area contributed by atoms with Crippen molar-refractivity contribution in [2.24, 2.45) is 0 Å². The van der Waals surface area contributed by atoms with Gasteiger partial charge in [0, 0.05) is 25.6 Å². The van der Waals surface area contributed by atoms with Crippen molar-refractivity contribution in [1.29, 1.82) is 0 Å². The standard InChI is InChI=1S/C15H22FN3O/c1-2-19(12-7-9-17-11-12)10-8-15(20)18-14-6-4-3-5-13(14)16/h3-6,12,17H,2,7-11H2,1H3,(H,18,20). The maximum absolute atomic E-state index is 13.4. The normalized spacial score (nSPS) is 18.4. The minimum absolute atomic E-state index is 0.139. The van der Waals surface area contributed by atoms with E-state index in [1.165, 1.54) is 6.07 Å². The SMILES string of the molecule is CCN(CCC(=O)Nc1ccccc1F)C1CCNC1. The average molecular weight is 279 g/mol. The van der Waals surface area contributed by atoms with E-state index in [0.29, 0.717) is 19.0 Å². The number of benzene rings is 1. The third-order valence-electron chi connectivity index (χ3n) is 3.73. The van der Waals surface area contributed by atoms with Crippen molar-refractivity contribution in [3.63, 3.8) is 0 Å². The number of carbonyl (C=O) groups is 1. The van der Waals surface area contributed by atoms with Gasteiger partial charge in [-0.1, -0.05) is 19.1 Å². The van der Waals surface area contributed by atoms with Gasteiger partial charge in [-0.15, -0.1) is 0 Å². The lowest BCUT2D eigenvalue weighted by Crippen LogP contribution is -2.38. The predicted octanol–water partition coefficient (Wildman–Crippen LogP) is 1.84. The number of halogens is 1. The molecule has 4 nitrogen and oxygen atoms in total. The molecule has 1 amide bonds. The molecule has 2 N–H and O–H groups in total. The van der Waals surface area contributed by atoms with Gasteiger partial charge in [-0.05, 0) is 31.6 Å². The topological polar surface area (TPSA) is 44.4 Å². The van der Waals surface area contributed by atoms with Crippen LogP contribution < -0.4 is 10.6 Å². The minimum atomic E-state index is -0.395. The number of likely N-dealkylation sites (N-methyl/N-ethyl adjacent to an activating group) is 1. The minimum Gasteiger partial charge on any atom is -0.324 e. The van der Waals surface area contributed by atoms with E-state index in [4.69, 9.17) is 0 Å². The van der Waals surface area contributed by atoms with Crippen LogP contribution in [0.25, 0.3) is 0 Å². The second-order valence-corrected chi connectivity index (χ2v) is 5.05. The first-order valence-electron chi connectivity index (χ1n) is 7.20. The van der Waals surface area contributed by atoms with Crippen molar-refractivity contribution < 1.29 is 9.18 Å². The lowest BCUT2D eigenvalue weighted by molar-refractivity contribution is -0.116. The number of anilines is 1. The molecule has 1 atom stereocenters. The summed E-state index contributed by atoms with van der Waals surface area (Å²) in [7, 11) is 0. The van der Waals surface area contributed by atoms with Gasteiger partial charge in [0.25, 0.3) is 0 Å². The molecule has 0 radical (unpaired) electrons. The second-order valence-electron chi connectivity index (χ2n) is 5.05. The largest absolute Gasteiger partial charge is 0.324 e. The van der Waals surface area contributed by atoms with E-state index >= 15 is 0 Å². The average Bonchev–Trinajstić information content (AvgIpc) is 2.96. The summed E-state index contributed by atoms with van der Waals surface area (Å²) in [4.78, 5) is 14.2. The highest BCUT2D eigenvalue weighted by atomic mass is 19.1. The van der Waals surface area contributed by atoms with Crippen LogP contribution in [-0.2, 0) is 4.79 Å². The number of para-hydroxylation sites is 1. The van der Waals surface area contributed by atoms with Crippen LogP contribution >= 0.6 is 0 Å². The zero-order chi connectivity index (χ0) is 14.4. The molecule has 1 aliphatic heterocycles. The van der Waals surface area contributed by atoms with Gasteiger partial charge in [-0.2, -0.15) is 0 Å². The lowest BCUT2D eigenvalue weighted by atomic mass is 10.2. The lowest BCUT2D eigenvalue weighted by Gasteiger charge is -2.26. The van der Waals surface area contributed by atoms with Crippen molar-refractivity contribution >= 4 is 11.6 Å². The Labute approximate surface area is 119 Å². The summed E-state index contributed by atoms with van der Waals surface area (Å²) >= 11 is 0. The molecule has 1 fully saturated rings. The van der Waals surface area contributed by atoms with Crippen molar-refractivity contribution in [2.75, 3.05) is 31.5 Å². The Kier molecular flexibility index (Phi) is 5.49. The molecule has 20 heavy (non-hydrogen) atoms. The van der Waals surface area contributed by atoms with Crippen LogP contribution in [0.3, 0.4) is 0 Å². The number of nitrogens with zero attached hydrogens (tertiary/aromatic N) is 1. The maximum atomic E-state index is 13.4. The van der Waals surface area contributed by atoms with Crippen LogP contribution in [0.5, 0.6) is 0 Å². The van der Waals surface area contributed by atoms with E-state index in [9.17, 15) is 9.18 Å². The summed E-state index contributed by atoms with van der Waals surface area (Å²) < 4.78 is 13.4. The van der Waals surface area contributed by atoms with Gasteiger partial charge >= 0.3 is 0 Å². The molecule has 0 aromatic heterocycles. The highest BCUT2D eigenvalue weighted by Crippen LogP contribution is 2.13. The van der Waals surface area contributed by atoms with Crippen LogP contribution in [0.1, 0.15) is 19.8 Å². The predicted molar refractivity (Wildman–Crippen MR) is 78.2 cm³/mol. The quantitative estimate of drug-likeness (QED) is 0.835. The molecule has 1 heterocycles. The van der Waals surface area contributed by atoms with E-state index in [-0.39, 0.29) is 11.6 Å². The number of rotatable bonds is 6. The van der Waals surface area contributed by atoms with Crippen LogP contribution in [0.4, 0.5) is 10.1 Å². The number of nitrogens with one attached hydrogen (secondary N) is 2. The molecule has 0 spiro atoms. The molecular weight excluding hydrogens is 257 g/mol. The highest BCUT2D eigenvalue weighted by molar-refractivity contribution is 5.90. The summed E-state index contributed by atoms with van der Waals surface area (Å²) in [6, 6.07) is 6.75. The molecular formula is C15H22FN3O. The molecule has 1 unspecified atom stereocenters. The van der Waals surface area contributed by atoms with E-state index < -0.39 is 5.82 Å². The Morgan fingerprint density at radius 2 is 2.30 bits per heavy atom. The number of carbonyl (C=O) groups excluding carboxylic acids is 1. The van der Waals surface area contributed by atoms with Gasteiger partial charge in [0.05, 0.1) is 5.69 Å². The first kappa shape index (κ1) is 14.9. The second kappa shape index (κ2) is 7.36. The molecule has 1 saturated heterocycles. The molecule has 2 rings (SSSR count). The number of hydrogen-bond donors (Lipinski definition) is 2. The molecule has 0 saturated carbocycles. The van der Waals surface area contributed by atoms with Crippen molar-refractivity contribution in [3.8, 4) is 0 Å². The Morgan fingerprint density at radius 3 is 2.95 bits per heavy atom. The molecule has 1 aromatic carbocycles. The summed E-state index contributed by atoms with van der Waals surface area (Å²) in [5, 5.41) is 5.95. The number of hydrogen-bond acceptors (Lipinski definition) is 3. The van der Waals surface area contributed by atoms with Gasteiger partial charge in [-0.3, -0.25) is 9.69 Å².